The summed E-state index contributed by atoms with van der Waals surface area (Å²) in [6.45, 7) is 2.30. The second kappa shape index (κ2) is 5.91. The Bertz CT molecular complexity index is 606. The van der Waals surface area contributed by atoms with Crippen molar-refractivity contribution in [3.05, 3.63) is 36.4 Å². The third-order valence-corrected chi connectivity index (χ3v) is 3.71. The minimum atomic E-state index is 0.542. The van der Waals surface area contributed by atoms with Gasteiger partial charge in [0.05, 0.1) is 12.8 Å². The lowest BCUT2D eigenvalue weighted by Crippen LogP contribution is -2.17. The standard InChI is InChI=1S/C16H20N4O/c1-21-15-9-8-14(17)16(19-15)18-12-4-6-13(7-5-12)20-10-2-3-11-20/h4-9H,2-3,10-11,17H2,1H3,(H,18,19). The van der Waals surface area contributed by atoms with Gasteiger partial charge in [0.25, 0.3) is 0 Å². The molecule has 3 N–H and O–H groups in total. The van der Waals surface area contributed by atoms with Crippen LogP contribution >= 0.6 is 0 Å². The third kappa shape index (κ3) is 3.02. The van der Waals surface area contributed by atoms with Crippen molar-refractivity contribution in [3.8, 4) is 5.88 Å². The molecule has 5 heteroatoms. The lowest BCUT2D eigenvalue weighted by atomic mass is 10.2. The largest absolute Gasteiger partial charge is 0.481 e. The molecule has 0 bridgehead atoms. The van der Waals surface area contributed by atoms with E-state index in [1.165, 1.54) is 18.5 Å². The van der Waals surface area contributed by atoms with Crippen LogP contribution in [0, 0.1) is 0 Å². The van der Waals surface area contributed by atoms with Crippen LogP contribution in [0.15, 0.2) is 36.4 Å². The van der Waals surface area contributed by atoms with Gasteiger partial charge in [-0.3, -0.25) is 0 Å². The average molecular weight is 284 g/mol. The number of nitrogens with one attached hydrogen (secondary N) is 1. The Hall–Kier alpha value is -2.43. The van der Waals surface area contributed by atoms with E-state index in [2.05, 4.69) is 27.3 Å². The number of anilines is 4. The van der Waals surface area contributed by atoms with E-state index >= 15 is 0 Å². The van der Waals surface area contributed by atoms with Crippen LogP contribution in [0.1, 0.15) is 12.8 Å². The molecule has 21 heavy (non-hydrogen) atoms. The molecule has 1 fully saturated rings. The molecule has 0 radical (unpaired) electrons. The van der Waals surface area contributed by atoms with Crippen molar-refractivity contribution in [3.63, 3.8) is 0 Å². The molecule has 1 aliphatic heterocycles. The number of methoxy groups -OCH3 is 1. The number of nitrogens with two attached hydrogens (primary N) is 1. The van der Waals surface area contributed by atoms with E-state index in [1.54, 1.807) is 19.2 Å². The summed E-state index contributed by atoms with van der Waals surface area (Å²) in [4.78, 5) is 6.72. The number of hydrogen-bond donors (Lipinski definition) is 2. The van der Waals surface area contributed by atoms with Gasteiger partial charge >= 0.3 is 0 Å². The van der Waals surface area contributed by atoms with Crippen molar-refractivity contribution in [1.29, 1.82) is 0 Å². The number of rotatable bonds is 4. The monoisotopic (exact) mass is 284 g/mol. The summed E-state index contributed by atoms with van der Waals surface area (Å²) >= 11 is 0. The Labute approximate surface area is 124 Å². The van der Waals surface area contributed by atoms with Crippen LogP contribution in [0.2, 0.25) is 0 Å². The van der Waals surface area contributed by atoms with Crippen LogP contribution in [0.3, 0.4) is 0 Å². The predicted molar refractivity (Wildman–Crippen MR) is 86.4 cm³/mol. The van der Waals surface area contributed by atoms with Gasteiger partial charge in [-0.15, -0.1) is 0 Å². The topological polar surface area (TPSA) is 63.4 Å². The fraction of sp³-hybridized carbons (Fsp3) is 0.312. The van der Waals surface area contributed by atoms with Gasteiger partial charge in [0.15, 0.2) is 5.82 Å². The number of ether oxygens (including phenoxy) is 1. The van der Waals surface area contributed by atoms with Gasteiger partial charge in [-0.1, -0.05) is 0 Å². The smallest absolute Gasteiger partial charge is 0.215 e. The minimum absolute atomic E-state index is 0.542. The van der Waals surface area contributed by atoms with E-state index in [4.69, 9.17) is 10.5 Å². The fourth-order valence-electron chi connectivity index (χ4n) is 2.53. The molecule has 0 unspecified atom stereocenters. The van der Waals surface area contributed by atoms with Crippen LogP contribution in [-0.2, 0) is 0 Å². The molecule has 3 rings (SSSR count). The van der Waals surface area contributed by atoms with Gasteiger partial charge in [-0.25, -0.2) is 0 Å². The molecule has 1 aromatic heterocycles. The fourth-order valence-corrected chi connectivity index (χ4v) is 2.53. The Morgan fingerprint density at radius 1 is 1.10 bits per heavy atom. The number of pyridine rings is 1. The van der Waals surface area contributed by atoms with Gasteiger partial charge < -0.3 is 20.7 Å². The number of aromatic nitrogens is 1. The molecule has 0 amide bonds. The Morgan fingerprint density at radius 2 is 1.81 bits per heavy atom. The van der Waals surface area contributed by atoms with Crippen LogP contribution in [-0.4, -0.2) is 25.2 Å². The zero-order valence-corrected chi connectivity index (χ0v) is 12.2. The first-order valence-electron chi connectivity index (χ1n) is 7.19. The lowest BCUT2D eigenvalue weighted by molar-refractivity contribution is 0.398. The number of nitrogen functional groups attached to an aromatic ring is 1. The Balaban J connectivity index is 1.75. The second-order valence-corrected chi connectivity index (χ2v) is 5.16. The highest BCUT2D eigenvalue weighted by Crippen LogP contribution is 2.26. The van der Waals surface area contributed by atoms with Crippen molar-refractivity contribution >= 4 is 22.9 Å². The Morgan fingerprint density at radius 3 is 2.48 bits per heavy atom. The van der Waals surface area contributed by atoms with Crippen molar-refractivity contribution in [2.24, 2.45) is 0 Å². The van der Waals surface area contributed by atoms with Gasteiger partial charge in [-0.05, 0) is 43.2 Å². The summed E-state index contributed by atoms with van der Waals surface area (Å²) in [5.74, 6) is 1.16. The summed E-state index contributed by atoms with van der Waals surface area (Å²) in [6.07, 6.45) is 2.56. The molecule has 2 heterocycles. The summed E-state index contributed by atoms with van der Waals surface area (Å²) in [5.41, 5.74) is 8.76. The van der Waals surface area contributed by atoms with E-state index in [0.717, 1.165) is 18.8 Å². The zero-order chi connectivity index (χ0) is 14.7. The molecule has 0 atom stereocenters. The van der Waals surface area contributed by atoms with Crippen molar-refractivity contribution in [2.75, 3.05) is 36.1 Å². The van der Waals surface area contributed by atoms with Gasteiger partial charge in [0.1, 0.15) is 0 Å². The second-order valence-electron chi connectivity index (χ2n) is 5.16. The summed E-state index contributed by atoms with van der Waals surface area (Å²) in [5, 5.41) is 3.23. The van der Waals surface area contributed by atoms with E-state index in [0.29, 0.717) is 17.4 Å². The molecule has 5 nitrogen and oxygen atoms in total. The molecular weight excluding hydrogens is 264 g/mol. The summed E-state index contributed by atoms with van der Waals surface area (Å²) in [7, 11) is 1.59. The van der Waals surface area contributed by atoms with Crippen LogP contribution in [0.4, 0.5) is 22.9 Å². The number of nitrogens with zero attached hydrogens (tertiary/aromatic N) is 2. The first-order valence-corrected chi connectivity index (χ1v) is 7.19. The molecule has 1 aliphatic rings. The van der Waals surface area contributed by atoms with Crippen LogP contribution in [0.5, 0.6) is 5.88 Å². The average Bonchev–Trinajstić information content (AvgIpc) is 3.04. The van der Waals surface area contributed by atoms with Gasteiger partial charge in [0, 0.05) is 30.5 Å². The van der Waals surface area contributed by atoms with E-state index in [9.17, 15) is 0 Å². The maximum absolute atomic E-state index is 5.93. The van der Waals surface area contributed by atoms with E-state index in [-0.39, 0.29) is 0 Å². The van der Waals surface area contributed by atoms with E-state index < -0.39 is 0 Å². The predicted octanol–water partition coefficient (Wildman–Crippen LogP) is 3.02. The quantitative estimate of drug-likeness (QED) is 0.903. The lowest BCUT2D eigenvalue weighted by Gasteiger charge is -2.18. The van der Waals surface area contributed by atoms with Crippen molar-refractivity contribution < 1.29 is 4.74 Å². The van der Waals surface area contributed by atoms with Gasteiger partial charge in [0.2, 0.25) is 5.88 Å². The third-order valence-electron chi connectivity index (χ3n) is 3.71. The summed E-state index contributed by atoms with van der Waals surface area (Å²) < 4.78 is 5.12. The molecule has 1 saturated heterocycles. The zero-order valence-electron chi connectivity index (χ0n) is 12.2. The maximum Gasteiger partial charge on any atom is 0.215 e. The summed E-state index contributed by atoms with van der Waals surface area (Å²) in [6, 6.07) is 11.9. The Kier molecular flexibility index (Phi) is 3.81. The minimum Gasteiger partial charge on any atom is -0.481 e. The van der Waals surface area contributed by atoms with E-state index in [1.807, 2.05) is 12.1 Å². The SMILES string of the molecule is COc1ccc(N)c(Nc2ccc(N3CCCC3)cc2)n1. The first-order chi connectivity index (χ1) is 10.3. The molecule has 0 aliphatic carbocycles. The normalized spacial score (nSPS) is 14.2. The number of benzene rings is 1. The van der Waals surface area contributed by atoms with Crippen LogP contribution < -0.4 is 20.7 Å². The molecular formula is C16H20N4O. The molecule has 110 valence electrons. The van der Waals surface area contributed by atoms with Crippen LogP contribution in [0.25, 0.3) is 0 Å². The molecule has 1 aromatic carbocycles. The van der Waals surface area contributed by atoms with Gasteiger partial charge in [-0.2, -0.15) is 4.98 Å². The maximum atomic E-state index is 5.93. The highest BCUT2D eigenvalue weighted by Gasteiger charge is 2.12. The first kappa shape index (κ1) is 13.5. The molecule has 0 saturated carbocycles. The molecule has 0 spiro atoms. The van der Waals surface area contributed by atoms with Crippen molar-refractivity contribution in [2.45, 2.75) is 12.8 Å². The highest BCUT2D eigenvalue weighted by molar-refractivity contribution is 5.70. The highest BCUT2D eigenvalue weighted by atomic mass is 16.5. The molecule has 2 aromatic rings. The number of hydrogen-bond acceptors (Lipinski definition) is 5. The van der Waals surface area contributed by atoms with Crippen molar-refractivity contribution in [1.82, 2.24) is 4.98 Å².